The maximum Gasteiger partial charge on any atom is 0.165 e. The van der Waals surface area contributed by atoms with E-state index in [1.54, 1.807) is 0 Å². The summed E-state index contributed by atoms with van der Waals surface area (Å²) in [4.78, 5) is 22.2. The van der Waals surface area contributed by atoms with Crippen LogP contribution < -0.4 is 0 Å². The van der Waals surface area contributed by atoms with E-state index in [1.807, 2.05) is 55.4 Å². The zero-order valence-electron chi connectivity index (χ0n) is 12.7. The first-order chi connectivity index (χ1) is 7.71. The van der Waals surface area contributed by atoms with Crippen LogP contribution in [0.15, 0.2) is 0 Å². The van der Waals surface area contributed by atoms with Crippen LogP contribution in [0.5, 0.6) is 0 Å². The van der Waals surface area contributed by atoms with Crippen LogP contribution in [-0.4, -0.2) is 20.2 Å². The lowest BCUT2D eigenvalue weighted by molar-refractivity contribution is -0.124. The maximum atomic E-state index is 11.4. The highest BCUT2D eigenvalue weighted by Gasteiger charge is 2.34. The van der Waals surface area contributed by atoms with Gasteiger partial charge in [0.15, 0.2) is 5.78 Å². The lowest BCUT2D eigenvalue weighted by Gasteiger charge is -2.23. The first-order valence-electron chi connectivity index (χ1n) is 6.17. The van der Waals surface area contributed by atoms with Crippen LogP contribution in [0.4, 0.5) is 0 Å². The van der Waals surface area contributed by atoms with Gasteiger partial charge >= 0.3 is 0 Å². The van der Waals surface area contributed by atoms with Gasteiger partial charge in [-0.15, -0.1) is 0 Å². The van der Waals surface area contributed by atoms with Crippen molar-refractivity contribution in [3.63, 3.8) is 0 Å². The second-order valence-corrected chi connectivity index (χ2v) is 9.95. The predicted octanol–water partition coefficient (Wildman–Crippen LogP) is 4.77. The van der Waals surface area contributed by atoms with Crippen molar-refractivity contribution in [3.8, 4) is 0 Å². The first-order valence-corrected chi connectivity index (χ1v) is 7.76. The number of halogens is 2. The standard InChI is InChI=1S/C7H12Br2O.C7H14O/c1-6(2,8)5(10)7(3,4)9;1-5(2)7(8)6(3)4/h1-4H3;5-6H,1-4H3. The summed E-state index contributed by atoms with van der Waals surface area (Å²) in [5.41, 5.74) is 0. The van der Waals surface area contributed by atoms with Gasteiger partial charge < -0.3 is 0 Å². The molecule has 108 valence electrons. The molecule has 0 fully saturated rings. The molecule has 0 amide bonds. The quantitative estimate of drug-likeness (QED) is 0.653. The average molecular weight is 386 g/mol. The number of alkyl halides is 2. The van der Waals surface area contributed by atoms with E-state index in [2.05, 4.69) is 31.9 Å². The molecule has 0 saturated heterocycles. The van der Waals surface area contributed by atoms with Gasteiger partial charge in [-0.25, -0.2) is 0 Å². The summed E-state index contributed by atoms with van der Waals surface area (Å²) >= 11 is 6.60. The molecule has 0 heterocycles. The van der Waals surface area contributed by atoms with E-state index in [0.717, 1.165) is 0 Å². The van der Waals surface area contributed by atoms with Gasteiger partial charge in [-0.3, -0.25) is 9.59 Å². The summed E-state index contributed by atoms with van der Waals surface area (Å²) in [6, 6.07) is 0. The largest absolute Gasteiger partial charge is 0.299 e. The Hall–Kier alpha value is 0.300. The molecule has 0 aliphatic carbocycles. The molecule has 0 aromatic carbocycles. The van der Waals surface area contributed by atoms with Crippen LogP contribution in [0.3, 0.4) is 0 Å². The fourth-order valence-corrected chi connectivity index (χ4v) is 2.63. The molecular weight excluding hydrogens is 360 g/mol. The van der Waals surface area contributed by atoms with Crippen LogP contribution in [0.2, 0.25) is 0 Å². The third-order valence-electron chi connectivity index (χ3n) is 2.22. The minimum absolute atomic E-state index is 0.153. The molecule has 0 N–H and O–H groups in total. The molecule has 0 unspecified atom stereocenters. The normalized spacial score (nSPS) is 12.2. The van der Waals surface area contributed by atoms with Crippen LogP contribution in [0.25, 0.3) is 0 Å². The molecule has 0 spiro atoms. The van der Waals surface area contributed by atoms with Crippen molar-refractivity contribution in [3.05, 3.63) is 0 Å². The van der Waals surface area contributed by atoms with Crippen molar-refractivity contribution in [2.45, 2.75) is 64.0 Å². The summed E-state index contributed by atoms with van der Waals surface area (Å²) in [6.45, 7) is 15.1. The van der Waals surface area contributed by atoms with E-state index in [-0.39, 0.29) is 17.6 Å². The number of ketones is 2. The van der Waals surface area contributed by atoms with Gasteiger partial charge in [-0.05, 0) is 27.7 Å². The van der Waals surface area contributed by atoms with Gasteiger partial charge in [0.05, 0.1) is 8.65 Å². The molecule has 2 nitrogen and oxygen atoms in total. The van der Waals surface area contributed by atoms with Crippen LogP contribution in [-0.2, 0) is 9.59 Å². The summed E-state index contributed by atoms with van der Waals surface area (Å²) < 4.78 is -0.861. The smallest absolute Gasteiger partial charge is 0.165 e. The molecule has 0 aromatic rings. The molecule has 0 aromatic heterocycles. The van der Waals surface area contributed by atoms with Gasteiger partial charge in [-0.1, -0.05) is 59.6 Å². The van der Waals surface area contributed by atoms with Crippen molar-refractivity contribution in [2.24, 2.45) is 11.8 Å². The monoisotopic (exact) mass is 384 g/mol. The molecule has 0 aliphatic rings. The highest BCUT2D eigenvalue weighted by molar-refractivity contribution is 9.11. The van der Waals surface area contributed by atoms with E-state index in [9.17, 15) is 9.59 Å². The zero-order valence-corrected chi connectivity index (χ0v) is 15.9. The van der Waals surface area contributed by atoms with Crippen LogP contribution in [0, 0.1) is 11.8 Å². The van der Waals surface area contributed by atoms with Gasteiger partial charge in [0, 0.05) is 11.8 Å². The van der Waals surface area contributed by atoms with E-state index in [4.69, 9.17) is 0 Å². The van der Waals surface area contributed by atoms with Crippen molar-refractivity contribution in [2.75, 3.05) is 0 Å². The molecule has 0 radical (unpaired) electrons. The molecule has 0 atom stereocenters. The zero-order chi connectivity index (χ0) is 15.3. The van der Waals surface area contributed by atoms with Gasteiger partial charge in [0.1, 0.15) is 5.78 Å². The lowest BCUT2D eigenvalue weighted by Crippen LogP contribution is -2.37. The highest BCUT2D eigenvalue weighted by Crippen LogP contribution is 2.29. The Kier molecular flexibility index (Phi) is 8.91. The van der Waals surface area contributed by atoms with Crippen LogP contribution >= 0.6 is 31.9 Å². The molecule has 0 rings (SSSR count). The number of carbonyl (C=O) groups excluding carboxylic acids is 2. The third-order valence-corrected chi connectivity index (χ3v) is 2.94. The summed E-state index contributed by atoms with van der Waals surface area (Å²) in [5.74, 6) is 0.912. The van der Waals surface area contributed by atoms with E-state index < -0.39 is 8.65 Å². The Balaban J connectivity index is 0. The Morgan fingerprint density at radius 2 is 1.00 bits per heavy atom. The highest BCUT2D eigenvalue weighted by atomic mass is 79.9. The van der Waals surface area contributed by atoms with Crippen molar-refractivity contribution < 1.29 is 9.59 Å². The number of carbonyl (C=O) groups is 2. The number of hydrogen-bond acceptors (Lipinski definition) is 2. The van der Waals surface area contributed by atoms with E-state index in [1.165, 1.54) is 0 Å². The van der Waals surface area contributed by atoms with E-state index >= 15 is 0 Å². The molecule has 4 heteroatoms. The first kappa shape index (κ1) is 20.6. The third kappa shape index (κ3) is 9.26. The lowest BCUT2D eigenvalue weighted by atomic mass is 9.98. The SMILES string of the molecule is CC(C)(Br)C(=O)C(C)(C)Br.CC(C)C(=O)C(C)C. The maximum absolute atomic E-state index is 11.4. The fourth-order valence-electron chi connectivity index (χ4n) is 1.37. The Labute approximate surface area is 129 Å². The molecular formula is C14H26Br2O2. The van der Waals surface area contributed by atoms with Crippen LogP contribution in [0.1, 0.15) is 55.4 Å². The van der Waals surface area contributed by atoms with Gasteiger partial charge in [0.25, 0.3) is 0 Å². The topological polar surface area (TPSA) is 34.1 Å². The summed E-state index contributed by atoms with van der Waals surface area (Å²) in [5, 5.41) is 0. The average Bonchev–Trinajstić information content (AvgIpc) is 2.13. The second-order valence-electron chi connectivity index (χ2n) is 5.99. The Morgan fingerprint density at radius 3 is 1.00 bits per heavy atom. The summed E-state index contributed by atoms with van der Waals surface area (Å²) in [7, 11) is 0. The molecule has 0 bridgehead atoms. The van der Waals surface area contributed by atoms with Crippen molar-refractivity contribution >= 4 is 43.4 Å². The molecule has 0 aliphatic heterocycles. The summed E-state index contributed by atoms with van der Waals surface area (Å²) in [6.07, 6.45) is 0. The Bertz CT molecular complexity index is 255. The Morgan fingerprint density at radius 1 is 0.778 bits per heavy atom. The predicted molar refractivity (Wildman–Crippen MR) is 85.7 cm³/mol. The number of Topliss-reactive ketones (excluding diaryl/α,β-unsaturated/α-hetero) is 2. The number of hydrogen-bond donors (Lipinski definition) is 0. The minimum Gasteiger partial charge on any atom is -0.299 e. The van der Waals surface area contributed by atoms with Crippen molar-refractivity contribution in [1.82, 2.24) is 0 Å². The fraction of sp³-hybridized carbons (Fsp3) is 0.857. The molecule has 0 saturated carbocycles. The van der Waals surface area contributed by atoms with Crippen molar-refractivity contribution in [1.29, 1.82) is 0 Å². The minimum atomic E-state index is -0.431. The van der Waals surface area contributed by atoms with Gasteiger partial charge in [0.2, 0.25) is 0 Å². The molecule has 18 heavy (non-hydrogen) atoms. The van der Waals surface area contributed by atoms with Gasteiger partial charge in [-0.2, -0.15) is 0 Å². The number of rotatable bonds is 4. The second kappa shape index (κ2) is 7.78. The van der Waals surface area contributed by atoms with E-state index in [0.29, 0.717) is 5.78 Å².